The fraction of sp³-hybridized carbons (Fsp3) is 0.200. The van der Waals surface area contributed by atoms with Crippen LogP contribution in [0, 0.1) is 12.7 Å². The van der Waals surface area contributed by atoms with E-state index in [-0.39, 0.29) is 11.7 Å². The van der Waals surface area contributed by atoms with Crippen molar-refractivity contribution in [2.24, 2.45) is 5.73 Å². The Morgan fingerprint density at radius 2 is 2.00 bits per heavy atom. The number of anilines is 2. The highest BCUT2D eigenvalue weighted by atomic mass is 19.1. The second-order valence-corrected chi connectivity index (χ2v) is 6.98. The Morgan fingerprint density at radius 3 is 2.67 bits per heavy atom. The lowest BCUT2D eigenvalue weighted by molar-refractivity contribution is -0.122. The number of fused-ring (bicyclic) bond motifs is 1. The van der Waals surface area contributed by atoms with E-state index in [4.69, 9.17) is 5.73 Å². The van der Waals surface area contributed by atoms with Crippen LogP contribution in [0.2, 0.25) is 0 Å². The van der Waals surface area contributed by atoms with E-state index >= 15 is 0 Å². The molecule has 9 nitrogen and oxygen atoms in total. The monoisotopic (exact) mass is 408 g/mol. The molecule has 1 amide bonds. The molecule has 0 aliphatic rings. The lowest BCUT2D eigenvalue weighted by atomic mass is 10.1. The number of carbonyl (C=O) groups excluding carboxylic acids is 1. The third-order valence-electron chi connectivity index (χ3n) is 4.51. The van der Waals surface area contributed by atoms with Crippen molar-refractivity contribution in [2.45, 2.75) is 25.9 Å². The van der Waals surface area contributed by atoms with Crippen molar-refractivity contribution >= 4 is 23.3 Å². The van der Waals surface area contributed by atoms with Gasteiger partial charge in [0.1, 0.15) is 17.5 Å². The summed E-state index contributed by atoms with van der Waals surface area (Å²) in [4.78, 5) is 21.6. The summed E-state index contributed by atoms with van der Waals surface area (Å²) < 4.78 is 15.2. The van der Waals surface area contributed by atoms with Gasteiger partial charge in [-0.1, -0.05) is 12.1 Å². The first kappa shape index (κ1) is 19.5. The van der Waals surface area contributed by atoms with Gasteiger partial charge in [0.25, 0.3) is 0 Å². The Balaban J connectivity index is 1.80. The fourth-order valence-corrected chi connectivity index (χ4v) is 2.99. The molecule has 3 heterocycles. The molecule has 2 atom stereocenters. The minimum atomic E-state index is -0.727. The molecule has 30 heavy (non-hydrogen) atoms. The van der Waals surface area contributed by atoms with Crippen molar-refractivity contribution in [1.29, 1.82) is 0 Å². The van der Waals surface area contributed by atoms with E-state index in [1.807, 2.05) is 31.3 Å². The van der Waals surface area contributed by atoms with Crippen molar-refractivity contribution in [3.8, 4) is 0 Å². The lowest BCUT2D eigenvalue weighted by Crippen LogP contribution is -2.41. The second-order valence-electron chi connectivity index (χ2n) is 6.98. The van der Waals surface area contributed by atoms with Gasteiger partial charge in [-0.05, 0) is 43.7 Å². The quantitative estimate of drug-likeness (QED) is 0.387. The van der Waals surface area contributed by atoms with Gasteiger partial charge in [0.2, 0.25) is 11.9 Å². The summed E-state index contributed by atoms with van der Waals surface area (Å²) in [5.41, 5.74) is 7.87. The maximum absolute atomic E-state index is 13.5. The number of amides is 1. The molecular formula is C20H21FN8O. The van der Waals surface area contributed by atoms with Crippen LogP contribution >= 0.6 is 0 Å². The van der Waals surface area contributed by atoms with Crippen molar-refractivity contribution in [3.05, 3.63) is 71.6 Å². The Bertz CT molecular complexity index is 1180. The highest BCUT2D eigenvalue weighted by molar-refractivity contribution is 5.81. The fourth-order valence-electron chi connectivity index (χ4n) is 2.99. The number of nitrogens with two attached hydrogens (primary N) is 1. The SMILES string of the molecule is Cc1cc(Nc2nc(C(NC(=O)[C@@H](C)N)c3ccc(F)cc3)nc3cccn23)n[nH]1. The normalized spacial score (nSPS) is 13.2. The highest BCUT2D eigenvalue weighted by Crippen LogP contribution is 2.23. The number of H-pyrrole nitrogens is 1. The van der Waals surface area contributed by atoms with Gasteiger partial charge in [0.05, 0.1) is 6.04 Å². The van der Waals surface area contributed by atoms with Gasteiger partial charge < -0.3 is 16.4 Å². The van der Waals surface area contributed by atoms with E-state index in [0.29, 0.717) is 28.8 Å². The van der Waals surface area contributed by atoms with E-state index in [9.17, 15) is 9.18 Å². The zero-order valence-corrected chi connectivity index (χ0v) is 16.4. The van der Waals surface area contributed by atoms with Gasteiger partial charge in [-0.3, -0.25) is 14.3 Å². The van der Waals surface area contributed by atoms with Gasteiger partial charge in [-0.2, -0.15) is 10.1 Å². The predicted octanol–water partition coefficient (Wildman–Crippen LogP) is 2.20. The van der Waals surface area contributed by atoms with Gasteiger partial charge in [0.15, 0.2) is 11.6 Å². The lowest BCUT2D eigenvalue weighted by Gasteiger charge is -2.20. The van der Waals surface area contributed by atoms with Crippen LogP contribution in [0.15, 0.2) is 48.7 Å². The molecule has 0 aliphatic heterocycles. The number of aryl methyl sites for hydroxylation is 1. The number of hydrogen-bond donors (Lipinski definition) is 4. The average Bonchev–Trinajstić information content (AvgIpc) is 3.35. The van der Waals surface area contributed by atoms with Crippen LogP contribution in [0.4, 0.5) is 16.2 Å². The molecule has 0 bridgehead atoms. The number of carbonyl (C=O) groups is 1. The number of nitrogens with zero attached hydrogens (tertiary/aromatic N) is 4. The Kier molecular flexibility index (Phi) is 5.15. The number of rotatable bonds is 6. The zero-order chi connectivity index (χ0) is 21.3. The molecule has 1 aromatic carbocycles. The Hall–Kier alpha value is -3.79. The Labute approximate surface area is 171 Å². The average molecular weight is 408 g/mol. The summed E-state index contributed by atoms with van der Waals surface area (Å²) in [6, 6.07) is 9.86. The number of aromatic nitrogens is 5. The molecule has 154 valence electrons. The summed E-state index contributed by atoms with van der Waals surface area (Å²) in [6.45, 7) is 3.48. The molecule has 0 aliphatic carbocycles. The van der Waals surface area contributed by atoms with Crippen LogP contribution in [0.5, 0.6) is 0 Å². The standard InChI is InChI=1S/C20H21FN8O/c1-11-10-15(28-27-11)23-20-26-18(24-16-4-3-9-29(16)20)17(25-19(30)12(2)22)13-5-7-14(21)8-6-13/h3-10,12,17H,22H2,1-2H3,(H,25,30)(H2,23,24,26,27,28)/t12-,17?/m1/s1. The van der Waals surface area contributed by atoms with Gasteiger partial charge in [-0.15, -0.1) is 0 Å². The summed E-state index contributed by atoms with van der Waals surface area (Å²) in [7, 11) is 0. The molecule has 0 saturated carbocycles. The predicted molar refractivity (Wildman–Crippen MR) is 110 cm³/mol. The number of benzene rings is 1. The third kappa shape index (κ3) is 3.98. The van der Waals surface area contributed by atoms with Crippen LogP contribution in [0.1, 0.15) is 30.0 Å². The van der Waals surface area contributed by atoms with E-state index < -0.39 is 12.1 Å². The zero-order valence-electron chi connectivity index (χ0n) is 16.4. The summed E-state index contributed by atoms with van der Waals surface area (Å²) >= 11 is 0. The van der Waals surface area contributed by atoms with Gasteiger partial charge >= 0.3 is 0 Å². The molecular weight excluding hydrogens is 387 g/mol. The molecule has 0 fully saturated rings. The summed E-state index contributed by atoms with van der Waals surface area (Å²) in [5.74, 6) is 0.631. The first-order valence-corrected chi connectivity index (χ1v) is 9.36. The van der Waals surface area contributed by atoms with E-state index in [0.717, 1.165) is 5.69 Å². The Morgan fingerprint density at radius 1 is 1.23 bits per heavy atom. The number of nitrogens with one attached hydrogen (secondary N) is 3. The van der Waals surface area contributed by atoms with E-state index in [2.05, 4.69) is 30.8 Å². The largest absolute Gasteiger partial charge is 0.341 e. The minimum absolute atomic E-state index is 0.330. The molecule has 0 spiro atoms. The van der Waals surface area contributed by atoms with Gasteiger partial charge in [-0.25, -0.2) is 9.37 Å². The molecule has 3 aromatic heterocycles. The highest BCUT2D eigenvalue weighted by Gasteiger charge is 2.23. The second kappa shape index (κ2) is 7.91. The first-order valence-electron chi connectivity index (χ1n) is 9.36. The maximum atomic E-state index is 13.5. The number of aromatic amines is 1. The molecule has 5 N–H and O–H groups in total. The maximum Gasteiger partial charge on any atom is 0.237 e. The number of hydrogen-bond acceptors (Lipinski definition) is 6. The summed E-state index contributed by atoms with van der Waals surface area (Å²) in [6.07, 6.45) is 1.81. The van der Waals surface area contributed by atoms with Crippen molar-refractivity contribution < 1.29 is 9.18 Å². The van der Waals surface area contributed by atoms with Crippen LogP contribution in [-0.4, -0.2) is 36.5 Å². The van der Waals surface area contributed by atoms with Crippen molar-refractivity contribution in [3.63, 3.8) is 0 Å². The van der Waals surface area contributed by atoms with E-state index in [1.165, 1.54) is 12.1 Å². The van der Waals surface area contributed by atoms with Crippen LogP contribution < -0.4 is 16.4 Å². The third-order valence-corrected chi connectivity index (χ3v) is 4.51. The smallest absolute Gasteiger partial charge is 0.237 e. The molecule has 0 saturated heterocycles. The minimum Gasteiger partial charge on any atom is -0.341 e. The van der Waals surface area contributed by atoms with E-state index in [1.54, 1.807) is 23.5 Å². The van der Waals surface area contributed by atoms with Gasteiger partial charge in [0, 0.05) is 18.0 Å². The molecule has 1 unspecified atom stereocenters. The first-order chi connectivity index (χ1) is 14.4. The molecule has 4 rings (SSSR count). The molecule has 10 heteroatoms. The summed E-state index contributed by atoms with van der Waals surface area (Å²) in [5, 5.41) is 13.1. The number of halogens is 1. The van der Waals surface area contributed by atoms with Crippen LogP contribution in [0.3, 0.4) is 0 Å². The molecule has 0 radical (unpaired) electrons. The van der Waals surface area contributed by atoms with Crippen LogP contribution in [0.25, 0.3) is 5.65 Å². The van der Waals surface area contributed by atoms with Crippen molar-refractivity contribution in [2.75, 3.05) is 5.32 Å². The topological polar surface area (TPSA) is 126 Å². The van der Waals surface area contributed by atoms with Crippen molar-refractivity contribution in [1.82, 2.24) is 29.9 Å². The molecule has 4 aromatic rings. The van der Waals surface area contributed by atoms with Crippen LogP contribution in [-0.2, 0) is 4.79 Å².